The van der Waals surface area contributed by atoms with Crippen LogP contribution in [0.2, 0.25) is 0 Å². The molecule has 0 radical (unpaired) electrons. The number of fused-ring (bicyclic) bond motifs is 1. The largest absolute Gasteiger partial charge is 0.465 e. The molecule has 0 aromatic heterocycles. The molecule has 1 N–H and O–H groups in total. The van der Waals surface area contributed by atoms with Crippen molar-refractivity contribution >= 4 is 11.7 Å². The number of nitrogens with one attached hydrogen (secondary N) is 1. The summed E-state index contributed by atoms with van der Waals surface area (Å²) in [6.45, 7) is 1.64. The van der Waals surface area contributed by atoms with Crippen LogP contribution in [0.25, 0.3) is 0 Å². The summed E-state index contributed by atoms with van der Waals surface area (Å²) in [5.41, 5.74) is -0.293. The lowest BCUT2D eigenvalue weighted by Gasteiger charge is -2.20. The minimum absolute atomic E-state index is 0.436. The summed E-state index contributed by atoms with van der Waals surface area (Å²) >= 11 is 0. The second-order valence-electron chi connectivity index (χ2n) is 3.25. The van der Waals surface area contributed by atoms with E-state index in [2.05, 4.69) is 10.1 Å². The van der Waals surface area contributed by atoms with Crippen molar-refractivity contribution < 1.29 is 14.3 Å². The molecule has 1 aliphatic rings. The SMILES string of the molecule is COC(=O)C1(C)Nc2ccccc2O1. The van der Waals surface area contributed by atoms with Crippen LogP contribution in [0.5, 0.6) is 5.75 Å². The van der Waals surface area contributed by atoms with Crippen molar-refractivity contribution in [3.8, 4) is 5.75 Å². The molecule has 0 saturated heterocycles. The molecule has 2 rings (SSSR count). The van der Waals surface area contributed by atoms with Crippen molar-refractivity contribution in [1.82, 2.24) is 0 Å². The van der Waals surface area contributed by atoms with E-state index in [0.717, 1.165) is 5.69 Å². The van der Waals surface area contributed by atoms with E-state index in [1.54, 1.807) is 13.0 Å². The molecule has 1 unspecified atom stereocenters. The zero-order valence-electron chi connectivity index (χ0n) is 8.03. The van der Waals surface area contributed by atoms with Gasteiger partial charge in [-0.2, -0.15) is 0 Å². The Morgan fingerprint density at radius 1 is 1.50 bits per heavy atom. The first-order valence-corrected chi connectivity index (χ1v) is 4.30. The maximum absolute atomic E-state index is 11.4. The van der Waals surface area contributed by atoms with Gasteiger partial charge < -0.3 is 14.8 Å². The summed E-state index contributed by atoms with van der Waals surface area (Å²) in [7, 11) is 1.33. The third-order valence-electron chi connectivity index (χ3n) is 2.15. The number of methoxy groups -OCH3 is 1. The zero-order valence-corrected chi connectivity index (χ0v) is 8.03. The first kappa shape index (κ1) is 8.87. The lowest BCUT2D eigenvalue weighted by atomic mass is 10.2. The molecule has 4 heteroatoms. The van der Waals surface area contributed by atoms with Crippen LogP contribution in [0.4, 0.5) is 5.69 Å². The Morgan fingerprint density at radius 2 is 2.21 bits per heavy atom. The highest BCUT2D eigenvalue weighted by molar-refractivity contribution is 5.85. The van der Waals surface area contributed by atoms with Gasteiger partial charge in [-0.25, -0.2) is 4.79 Å². The van der Waals surface area contributed by atoms with Gasteiger partial charge in [0.05, 0.1) is 12.8 Å². The summed E-state index contributed by atoms with van der Waals surface area (Å²) in [6.07, 6.45) is 0. The van der Waals surface area contributed by atoms with Crippen LogP contribution >= 0.6 is 0 Å². The molecule has 74 valence electrons. The molecule has 1 aromatic rings. The number of anilines is 1. The molecule has 0 spiro atoms. The van der Waals surface area contributed by atoms with Crippen LogP contribution in [0, 0.1) is 0 Å². The predicted octanol–water partition coefficient (Wildman–Crippen LogP) is 1.38. The maximum atomic E-state index is 11.4. The van der Waals surface area contributed by atoms with Gasteiger partial charge in [-0.3, -0.25) is 0 Å². The topological polar surface area (TPSA) is 47.6 Å². The fourth-order valence-corrected chi connectivity index (χ4v) is 1.45. The molecule has 0 saturated carbocycles. The second kappa shape index (κ2) is 2.90. The number of benzene rings is 1. The minimum atomic E-state index is -1.10. The molecule has 0 aliphatic carbocycles. The molecule has 1 atom stereocenters. The van der Waals surface area contributed by atoms with Crippen molar-refractivity contribution in [2.75, 3.05) is 12.4 Å². The number of rotatable bonds is 1. The van der Waals surface area contributed by atoms with Crippen LogP contribution < -0.4 is 10.1 Å². The van der Waals surface area contributed by atoms with Gasteiger partial charge in [-0.1, -0.05) is 12.1 Å². The Bertz CT molecular complexity index is 350. The first-order chi connectivity index (χ1) is 6.65. The van der Waals surface area contributed by atoms with Crippen LogP contribution in [-0.2, 0) is 9.53 Å². The van der Waals surface area contributed by atoms with E-state index in [1.165, 1.54) is 7.11 Å². The number of para-hydroxylation sites is 2. The van der Waals surface area contributed by atoms with Crippen molar-refractivity contribution in [3.63, 3.8) is 0 Å². The van der Waals surface area contributed by atoms with Crippen LogP contribution in [0.15, 0.2) is 24.3 Å². The predicted molar refractivity (Wildman–Crippen MR) is 51.1 cm³/mol. The lowest BCUT2D eigenvalue weighted by Crippen LogP contribution is -2.46. The van der Waals surface area contributed by atoms with E-state index in [4.69, 9.17) is 4.74 Å². The quantitative estimate of drug-likeness (QED) is 0.684. The van der Waals surface area contributed by atoms with Gasteiger partial charge in [0.25, 0.3) is 5.72 Å². The van der Waals surface area contributed by atoms with Gasteiger partial charge in [0.1, 0.15) is 5.75 Å². The average molecular weight is 193 g/mol. The summed E-state index contributed by atoms with van der Waals surface area (Å²) in [5.74, 6) is 0.231. The Labute approximate surface area is 81.8 Å². The van der Waals surface area contributed by atoms with E-state index in [9.17, 15) is 4.79 Å². The first-order valence-electron chi connectivity index (χ1n) is 4.30. The van der Waals surface area contributed by atoms with E-state index < -0.39 is 11.7 Å². The fourth-order valence-electron chi connectivity index (χ4n) is 1.45. The number of ether oxygens (including phenoxy) is 2. The molecule has 4 nitrogen and oxygen atoms in total. The molecule has 1 heterocycles. The number of hydrogen-bond acceptors (Lipinski definition) is 4. The monoisotopic (exact) mass is 193 g/mol. The molecule has 0 fully saturated rings. The van der Waals surface area contributed by atoms with E-state index in [-0.39, 0.29) is 0 Å². The molecule has 14 heavy (non-hydrogen) atoms. The fraction of sp³-hybridized carbons (Fsp3) is 0.300. The Balaban J connectivity index is 2.30. The second-order valence-corrected chi connectivity index (χ2v) is 3.25. The van der Waals surface area contributed by atoms with Crippen molar-refractivity contribution in [3.05, 3.63) is 24.3 Å². The average Bonchev–Trinajstić information content (AvgIpc) is 2.54. The molecule has 1 aliphatic heterocycles. The third-order valence-corrected chi connectivity index (χ3v) is 2.15. The third kappa shape index (κ3) is 1.19. The zero-order chi connectivity index (χ0) is 10.2. The number of esters is 1. The minimum Gasteiger partial charge on any atom is -0.465 e. The Kier molecular flexibility index (Phi) is 1.84. The van der Waals surface area contributed by atoms with Gasteiger partial charge in [-0.15, -0.1) is 0 Å². The van der Waals surface area contributed by atoms with Crippen molar-refractivity contribution in [1.29, 1.82) is 0 Å². The van der Waals surface area contributed by atoms with Gasteiger partial charge in [0, 0.05) is 6.92 Å². The standard InChI is InChI=1S/C10H11NO3/c1-10(9(12)13-2)11-7-5-3-4-6-8(7)14-10/h3-6,11H,1-2H3. The molecule has 1 aromatic carbocycles. The Hall–Kier alpha value is -1.71. The number of carbonyl (C=O) groups is 1. The van der Waals surface area contributed by atoms with Gasteiger partial charge >= 0.3 is 5.97 Å². The van der Waals surface area contributed by atoms with Crippen molar-refractivity contribution in [2.45, 2.75) is 12.6 Å². The van der Waals surface area contributed by atoms with Gasteiger partial charge in [-0.05, 0) is 12.1 Å². The molecular formula is C10H11NO3. The van der Waals surface area contributed by atoms with Crippen LogP contribution in [0.1, 0.15) is 6.92 Å². The van der Waals surface area contributed by atoms with Gasteiger partial charge in [0.2, 0.25) is 0 Å². The molecule has 0 bridgehead atoms. The van der Waals surface area contributed by atoms with E-state index in [1.807, 2.05) is 18.2 Å². The molecule has 0 amide bonds. The summed E-state index contributed by atoms with van der Waals surface area (Å²) in [6, 6.07) is 7.38. The highest BCUT2D eigenvalue weighted by Gasteiger charge is 2.42. The summed E-state index contributed by atoms with van der Waals surface area (Å²) in [5, 5.41) is 2.96. The maximum Gasteiger partial charge on any atom is 0.371 e. The van der Waals surface area contributed by atoms with Crippen molar-refractivity contribution in [2.24, 2.45) is 0 Å². The normalized spacial score (nSPS) is 23.3. The Morgan fingerprint density at radius 3 is 2.86 bits per heavy atom. The lowest BCUT2D eigenvalue weighted by molar-refractivity contribution is -0.154. The van der Waals surface area contributed by atoms with E-state index >= 15 is 0 Å². The van der Waals surface area contributed by atoms with Crippen LogP contribution in [-0.4, -0.2) is 18.8 Å². The number of carbonyl (C=O) groups excluding carboxylic acids is 1. The number of hydrogen-bond donors (Lipinski definition) is 1. The molecular weight excluding hydrogens is 182 g/mol. The highest BCUT2D eigenvalue weighted by Crippen LogP contribution is 2.36. The van der Waals surface area contributed by atoms with Crippen LogP contribution in [0.3, 0.4) is 0 Å². The van der Waals surface area contributed by atoms with Gasteiger partial charge in [0.15, 0.2) is 0 Å². The van der Waals surface area contributed by atoms with E-state index in [0.29, 0.717) is 5.75 Å². The smallest absolute Gasteiger partial charge is 0.371 e. The summed E-state index contributed by atoms with van der Waals surface area (Å²) < 4.78 is 10.1. The highest BCUT2D eigenvalue weighted by atomic mass is 16.6. The summed E-state index contributed by atoms with van der Waals surface area (Å²) in [4.78, 5) is 11.4.